The molecule has 280 valence electrons. The minimum atomic E-state index is -1.86. The first kappa shape index (κ1) is 31.2. The van der Waals surface area contributed by atoms with E-state index in [4.69, 9.17) is 0 Å². The van der Waals surface area contributed by atoms with E-state index in [1.54, 1.807) is 0 Å². The Bertz CT molecular complexity index is 4110. The highest BCUT2D eigenvalue weighted by Crippen LogP contribution is 2.67. The normalized spacial score (nSPS) is 17.4. The molecule has 0 amide bonds. The van der Waals surface area contributed by atoms with E-state index in [1.807, 2.05) is 11.3 Å². The molecule has 12 aromatic rings. The number of para-hydroxylation sites is 5. The molecule has 7 heteroatoms. The maximum Gasteiger partial charge on any atom is 0.252 e. The van der Waals surface area contributed by atoms with Crippen molar-refractivity contribution in [3.8, 4) is 11.4 Å². The summed E-state index contributed by atoms with van der Waals surface area (Å²) in [5.41, 5.74) is 16.7. The number of rotatable bonds is 1. The van der Waals surface area contributed by atoms with E-state index in [9.17, 15) is 0 Å². The van der Waals surface area contributed by atoms with Crippen molar-refractivity contribution in [2.75, 3.05) is 4.90 Å². The SMILES string of the molecule is c1ccc([SiH]2c3ccccc3N3c4cc5c6c7c4B(c4cccc2c43)c2cc3c4ccccc4sc3c3c4cccc(c4n-7c23)[SH]6c2cccc3c4ccccc4n-5c23)cc1. The number of nitrogens with zero attached hydrogens (tertiary/aromatic N) is 3. The Morgan fingerprint density at radius 2 is 1.21 bits per heavy atom. The van der Waals surface area contributed by atoms with Gasteiger partial charge in [0.25, 0.3) is 6.71 Å². The van der Waals surface area contributed by atoms with Crippen LogP contribution in [0.1, 0.15) is 0 Å². The molecule has 0 fully saturated rings. The monoisotopic (exact) mass is 823 g/mol. The van der Waals surface area contributed by atoms with Crippen molar-refractivity contribution in [2.45, 2.75) is 14.7 Å². The molecule has 0 bridgehead atoms. The number of benzene rings is 9. The summed E-state index contributed by atoms with van der Waals surface area (Å²) in [4.78, 5) is 7.20. The van der Waals surface area contributed by atoms with Gasteiger partial charge < -0.3 is 14.0 Å². The lowest BCUT2D eigenvalue weighted by molar-refractivity contribution is 1.02. The van der Waals surface area contributed by atoms with E-state index in [0.29, 0.717) is 0 Å². The van der Waals surface area contributed by atoms with Gasteiger partial charge in [0.05, 0.1) is 33.4 Å². The van der Waals surface area contributed by atoms with Crippen LogP contribution >= 0.6 is 22.2 Å². The van der Waals surface area contributed by atoms with Crippen molar-refractivity contribution >= 4 is 151 Å². The van der Waals surface area contributed by atoms with Crippen LogP contribution < -0.4 is 36.8 Å². The van der Waals surface area contributed by atoms with E-state index in [2.05, 4.69) is 184 Å². The lowest BCUT2D eigenvalue weighted by atomic mass is 9.33. The number of anilines is 3. The van der Waals surface area contributed by atoms with Crippen LogP contribution in [0.15, 0.2) is 185 Å². The van der Waals surface area contributed by atoms with Gasteiger partial charge in [-0.2, -0.15) is 10.9 Å². The van der Waals surface area contributed by atoms with Crippen LogP contribution in [-0.4, -0.2) is 24.6 Å². The average molecular weight is 824 g/mol. The number of thiophene rings is 1. The summed E-state index contributed by atoms with van der Waals surface area (Å²) in [7, 11) is -2.74. The molecular formula is C54H30BN3S2Si. The summed E-state index contributed by atoms with van der Waals surface area (Å²) in [5.74, 6) is 0. The number of aromatic nitrogens is 2. The molecule has 61 heavy (non-hydrogen) atoms. The van der Waals surface area contributed by atoms with Crippen LogP contribution in [0.5, 0.6) is 0 Å². The first-order valence-electron chi connectivity index (χ1n) is 21.4. The Hall–Kier alpha value is -6.77. The molecule has 2 atom stereocenters. The van der Waals surface area contributed by atoms with Gasteiger partial charge in [0.2, 0.25) is 0 Å². The fourth-order valence-corrected chi connectivity index (χ4v) is 20.4. The van der Waals surface area contributed by atoms with Crippen LogP contribution in [0, 0.1) is 0 Å². The number of thiol groups is 1. The zero-order chi connectivity index (χ0) is 39.0. The van der Waals surface area contributed by atoms with E-state index >= 15 is 0 Å². The van der Waals surface area contributed by atoms with E-state index in [1.165, 1.54) is 139 Å². The highest BCUT2D eigenvalue weighted by atomic mass is 32.2. The molecule has 2 unspecified atom stereocenters. The highest BCUT2D eigenvalue weighted by molar-refractivity contribution is 8.17. The summed E-state index contributed by atoms with van der Waals surface area (Å²) >= 11 is 1.98. The van der Waals surface area contributed by atoms with Crippen molar-refractivity contribution in [3.05, 3.63) is 170 Å². The molecule has 0 spiro atoms. The highest BCUT2D eigenvalue weighted by Gasteiger charge is 2.50. The summed E-state index contributed by atoms with van der Waals surface area (Å²) in [5, 5.41) is 12.8. The third-order valence-electron chi connectivity index (χ3n) is 14.9. The van der Waals surface area contributed by atoms with E-state index in [-0.39, 0.29) is 6.71 Å². The zero-order valence-electron chi connectivity index (χ0n) is 32.5. The Morgan fingerprint density at radius 3 is 2.11 bits per heavy atom. The van der Waals surface area contributed by atoms with Crippen molar-refractivity contribution in [1.29, 1.82) is 0 Å². The molecule has 5 aliphatic heterocycles. The third-order valence-corrected chi connectivity index (χ3v) is 22.0. The van der Waals surface area contributed by atoms with Crippen LogP contribution in [0.25, 0.3) is 75.2 Å². The molecule has 0 N–H and O–H groups in total. The largest absolute Gasteiger partial charge is 0.312 e. The molecule has 9 aromatic carbocycles. The number of fused-ring (bicyclic) bond motifs is 16. The predicted octanol–water partition coefficient (Wildman–Crippen LogP) is 9.53. The Balaban J connectivity index is 1.14. The minimum Gasteiger partial charge on any atom is -0.312 e. The lowest BCUT2D eigenvalue weighted by Gasteiger charge is -2.48. The summed E-state index contributed by atoms with van der Waals surface area (Å²) in [6.07, 6.45) is 0. The maximum absolute atomic E-state index is 2.79. The minimum absolute atomic E-state index is 0.0801. The molecule has 0 aliphatic carbocycles. The molecule has 0 radical (unpaired) electrons. The molecule has 0 saturated heterocycles. The fourth-order valence-electron chi connectivity index (χ4n) is 12.9. The van der Waals surface area contributed by atoms with Crippen LogP contribution in [-0.2, 0) is 0 Å². The molecule has 3 nitrogen and oxygen atoms in total. The van der Waals surface area contributed by atoms with Crippen molar-refractivity contribution in [1.82, 2.24) is 9.13 Å². The predicted molar refractivity (Wildman–Crippen MR) is 264 cm³/mol. The molecule has 5 aliphatic rings. The van der Waals surface area contributed by atoms with Gasteiger partial charge in [0.15, 0.2) is 0 Å². The van der Waals surface area contributed by atoms with Crippen LogP contribution in [0.2, 0.25) is 0 Å². The Kier molecular flexibility index (Phi) is 5.31. The van der Waals surface area contributed by atoms with Crippen molar-refractivity contribution in [3.63, 3.8) is 0 Å². The molecule has 0 saturated carbocycles. The van der Waals surface area contributed by atoms with Gasteiger partial charge in [-0.05, 0) is 63.2 Å². The van der Waals surface area contributed by atoms with E-state index in [0.717, 1.165) is 0 Å². The molecule has 17 rings (SSSR count). The Morgan fingerprint density at radius 1 is 0.492 bits per heavy atom. The second-order valence-corrected chi connectivity index (χ2v) is 23.4. The smallest absolute Gasteiger partial charge is 0.252 e. The standard InChI is InChI=1S/C54H30BN3S2Si/c1-2-13-29(14-3-1)61-44-25-9-7-21-38(44)57-39-28-40-54-52-47(39)55(35-19-12-26-45(61)50(35)57)36-27-34-31-16-5-8-22-41(31)59-53(34)46-33-18-11-24-43(49(33)58(52)51(36)46)60(54)42-23-10-17-32-30-15-4-6-20-37(30)56(40)48(32)42/h1-28,60-61H. The van der Waals surface area contributed by atoms with Gasteiger partial charge in [-0.3, -0.25) is 0 Å². The van der Waals surface area contributed by atoms with Crippen LogP contribution in [0.3, 0.4) is 0 Å². The Labute approximate surface area is 358 Å². The van der Waals surface area contributed by atoms with Crippen molar-refractivity contribution < 1.29 is 0 Å². The number of hydrogen-bond acceptors (Lipinski definition) is 2. The first-order chi connectivity index (χ1) is 30.3. The average Bonchev–Trinajstić information content (AvgIpc) is 3.98. The van der Waals surface area contributed by atoms with Crippen LogP contribution in [0.4, 0.5) is 17.1 Å². The molecule has 8 heterocycles. The van der Waals surface area contributed by atoms with Gasteiger partial charge in [-0.1, -0.05) is 139 Å². The topological polar surface area (TPSA) is 13.1 Å². The lowest BCUT2D eigenvalue weighted by Crippen LogP contribution is -2.66. The summed E-state index contributed by atoms with van der Waals surface area (Å²) in [6.45, 7) is 0.0801. The zero-order valence-corrected chi connectivity index (χ0v) is 35.4. The second kappa shape index (κ2) is 10.4. The van der Waals surface area contributed by atoms with Gasteiger partial charge in [0.1, 0.15) is 8.80 Å². The van der Waals surface area contributed by atoms with Gasteiger partial charge in [-0.15, -0.1) is 11.3 Å². The first-order valence-corrected chi connectivity index (χ1v) is 25.2. The third kappa shape index (κ3) is 3.35. The van der Waals surface area contributed by atoms with Gasteiger partial charge >= 0.3 is 0 Å². The quantitative estimate of drug-likeness (QED) is 0.129. The molecule has 3 aromatic heterocycles. The fraction of sp³-hybridized carbons (Fsp3) is 0. The summed E-state index contributed by atoms with van der Waals surface area (Å²) in [6, 6.07) is 66.1. The second-order valence-electron chi connectivity index (χ2n) is 17.5. The van der Waals surface area contributed by atoms with Gasteiger partial charge in [0, 0.05) is 73.5 Å². The van der Waals surface area contributed by atoms with Crippen molar-refractivity contribution in [2.24, 2.45) is 0 Å². The molecular weight excluding hydrogens is 794 g/mol. The van der Waals surface area contributed by atoms with E-state index < -0.39 is 19.7 Å². The van der Waals surface area contributed by atoms with Gasteiger partial charge in [-0.25, -0.2) is 0 Å². The summed E-state index contributed by atoms with van der Waals surface area (Å²) < 4.78 is 8.23. The maximum atomic E-state index is 2.79. The number of hydrogen-bond donors (Lipinski definition) is 1.